The van der Waals surface area contributed by atoms with E-state index in [4.69, 9.17) is 56.5 Å². The first-order valence-electron chi connectivity index (χ1n) is 9.37. The minimum absolute atomic E-state index is 0.171. The Morgan fingerprint density at radius 3 is 2.25 bits per heavy atom. The molecule has 1 amide bonds. The third-order valence-electron chi connectivity index (χ3n) is 4.53. The number of alkyl halides is 3. The molecular formula is C22H20Cl3N3O3S. The Morgan fingerprint density at radius 2 is 1.59 bits per heavy atom. The molecule has 32 heavy (non-hydrogen) atoms. The van der Waals surface area contributed by atoms with Crippen molar-refractivity contribution in [2.24, 2.45) is 0 Å². The van der Waals surface area contributed by atoms with Crippen LogP contribution in [0.1, 0.15) is 10.4 Å². The molecule has 0 fully saturated rings. The van der Waals surface area contributed by atoms with E-state index in [2.05, 4.69) is 16.0 Å². The fourth-order valence-electron chi connectivity index (χ4n) is 2.96. The standard InChI is InChI=1S/C22H20Cl3N3O3S/c1-30-17-10-8-15(12-18(17)31-2)19(29)27-20(22(23,24)25)28-21(32)26-16-9-7-13-5-3-4-6-14(13)11-16/h3-12,20H,1-2H3,(H,27,29)(H2,26,28,32)/t20-/m1/s1. The molecule has 0 heterocycles. The Morgan fingerprint density at radius 1 is 0.906 bits per heavy atom. The maximum atomic E-state index is 12.8. The number of amides is 1. The zero-order valence-electron chi connectivity index (χ0n) is 17.1. The van der Waals surface area contributed by atoms with Gasteiger partial charge in [-0.15, -0.1) is 0 Å². The number of hydrogen-bond donors (Lipinski definition) is 3. The van der Waals surface area contributed by atoms with Gasteiger partial charge in [0, 0.05) is 11.3 Å². The Labute approximate surface area is 206 Å². The lowest BCUT2D eigenvalue weighted by molar-refractivity contribution is 0.0934. The number of hydrogen-bond acceptors (Lipinski definition) is 4. The SMILES string of the molecule is COc1ccc(C(=O)N[C@H](NC(=S)Nc2ccc3ccccc3c2)C(Cl)(Cl)Cl)cc1OC. The molecule has 0 spiro atoms. The fraction of sp³-hybridized carbons (Fsp3) is 0.182. The van der Waals surface area contributed by atoms with E-state index >= 15 is 0 Å². The van der Waals surface area contributed by atoms with E-state index in [1.807, 2.05) is 42.5 Å². The normalized spacial score (nSPS) is 12.0. The lowest BCUT2D eigenvalue weighted by Crippen LogP contribution is -2.56. The molecule has 0 saturated heterocycles. The van der Waals surface area contributed by atoms with Crippen molar-refractivity contribution in [3.05, 3.63) is 66.2 Å². The van der Waals surface area contributed by atoms with Gasteiger partial charge >= 0.3 is 0 Å². The summed E-state index contributed by atoms with van der Waals surface area (Å²) in [6, 6.07) is 18.4. The quantitative estimate of drug-likeness (QED) is 0.237. The van der Waals surface area contributed by atoms with Crippen molar-refractivity contribution in [2.75, 3.05) is 19.5 Å². The number of anilines is 1. The molecule has 0 aliphatic rings. The van der Waals surface area contributed by atoms with Gasteiger partial charge in [0.15, 0.2) is 16.6 Å². The molecule has 6 nitrogen and oxygen atoms in total. The molecule has 0 bridgehead atoms. The summed E-state index contributed by atoms with van der Waals surface area (Å²) in [6.45, 7) is 0. The molecule has 3 N–H and O–H groups in total. The molecule has 10 heteroatoms. The van der Waals surface area contributed by atoms with Gasteiger partial charge in [-0.3, -0.25) is 4.79 Å². The summed E-state index contributed by atoms with van der Waals surface area (Å²) in [6.07, 6.45) is -1.12. The summed E-state index contributed by atoms with van der Waals surface area (Å²) in [7, 11) is 2.98. The molecule has 0 unspecified atom stereocenters. The average Bonchev–Trinajstić information content (AvgIpc) is 2.77. The van der Waals surface area contributed by atoms with Crippen molar-refractivity contribution in [2.45, 2.75) is 9.96 Å². The van der Waals surface area contributed by atoms with Gasteiger partial charge in [-0.1, -0.05) is 65.1 Å². The van der Waals surface area contributed by atoms with Crippen molar-refractivity contribution in [3.8, 4) is 11.5 Å². The fourth-order valence-corrected chi connectivity index (χ4v) is 3.52. The first-order chi connectivity index (χ1) is 15.2. The summed E-state index contributed by atoms with van der Waals surface area (Å²) in [5, 5.41) is 10.8. The second-order valence-corrected chi connectivity index (χ2v) is 9.46. The molecule has 168 valence electrons. The van der Waals surface area contributed by atoms with Crippen LogP contribution < -0.4 is 25.4 Å². The van der Waals surface area contributed by atoms with Crippen LogP contribution in [0.3, 0.4) is 0 Å². The third-order valence-corrected chi connectivity index (χ3v) is 5.41. The Bertz CT molecular complexity index is 1140. The predicted octanol–water partition coefficient (Wildman–Crippen LogP) is 5.27. The highest BCUT2D eigenvalue weighted by Gasteiger charge is 2.35. The summed E-state index contributed by atoms with van der Waals surface area (Å²) in [4.78, 5) is 12.8. The molecule has 0 aliphatic carbocycles. The van der Waals surface area contributed by atoms with Gasteiger partial charge in [0.25, 0.3) is 5.91 Å². The number of carbonyl (C=O) groups is 1. The maximum absolute atomic E-state index is 12.8. The van der Waals surface area contributed by atoms with E-state index in [-0.39, 0.29) is 10.7 Å². The number of methoxy groups -OCH3 is 2. The van der Waals surface area contributed by atoms with E-state index in [0.717, 1.165) is 16.5 Å². The van der Waals surface area contributed by atoms with Crippen LogP contribution in [0.2, 0.25) is 0 Å². The second-order valence-electron chi connectivity index (χ2n) is 6.68. The van der Waals surface area contributed by atoms with Crippen LogP contribution in [0.4, 0.5) is 5.69 Å². The van der Waals surface area contributed by atoms with Gasteiger partial charge in [0.05, 0.1) is 14.2 Å². The molecule has 0 aliphatic heterocycles. The van der Waals surface area contributed by atoms with Gasteiger partial charge in [0.1, 0.15) is 6.17 Å². The minimum Gasteiger partial charge on any atom is -0.493 e. The topological polar surface area (TPSA) is 71.6 Å². The van der Waals surface area contributed by atoms with Crippen LogP contribution in [-0.2, 0) is 0 Å². The number of carbonyl (C=O) groups excluding carboxylic acids is 1. The van der Waals surface area contributed by atoms with Gasteiger partial charge in [-0.2, -0.15) is 0 Å². The number of rotatable bonds is 6. The first kappa shape index (κ1) is 24.2. The van der Waals surface area contributed by atoms with Crippen LogP contribution in [0, 0.1) is 0 Å². The monoisotopic (exact) mass is 511 g/mol. The van der Waals surface area contributed by atoms with Crippen molar-refractivity contribution >= 4 is 74.5 Å². The Hall–Kier alpha value is -2.45. The largest absolute Gasteiger partial charge is 0.493 e. The highest BCUT2D eigenvalue weighted by molar-refractivity contribution is 7.80. The molecule has 3 rings (SSSR count). The number of halogens is 3. The summed E-state index contributed by atoms with van der Waals surface area (Å²) in [5.74, 6) is 0.385. The summed E-state index contributed by atoms with van der Waals surface area (Å²) >= 11 is 23.6. The van der Waals surface area contributed by atoms with Crippen LogP contribution >= 0.6 is 47.0 Å². The van der Waals surface area contributed by atoms with Gasteiger partial charge in [-0.25, -0.2) is 0 Å². The lowest BCUT2D eigenvalue weighted by Gasteiger charge is -2.28. The summed E-state index contributed by atoms with van der Waals surface area (Å²) < 4.78 is 8.53. The van der Waals surface area contributed by atoms with Crippen LogP contribution in [0.15, 0.2) is 60.7 Å². The molecular weight excluding hydrogens is 493 g/mol. The molecule has 3 aromatic rings. The number of fused-ring (bicyclic) bond motifs is 1. The maximum Gasteiger partial charge on any atom is 0.253 e. The zero-order chi connectivity index (χ0) is 23.3. The lowest BCUT2D eigenvalue weighted by atomic mass is 10.1. The average molecular weight is 513 g/mol. The van der Waals surface area contributed by atoms with Crippen molar-refractivity contribution < 1.29 is 14.3 Å². The van der Waals surface area contributed by atoms with Gasteiger partial charge < -0.3 is 25.4 Å². The predicted molar refractivity (Wildman–Crippen MR) is 134 cm³/mol. The highest BCUT2D eigenvalue weighted by Crippen LogP contribution is 2.31. The molecule has 0 radical (unpaired) electrons. The van der Waals surface area contributed by atoms with E-state index in [0.29, 0.717) is 11.5 Å². The van der Waals surface area contributed by atoms with Gasteiger partial charge in [-0.05, 0) is 53.3 Å². The summed E-state index contributed by atoms with van der Waals surface area (Å²) in [5.41, 5.74) is 1.03. The molecule has 1 atom stereocenters. The smallest absolute Gasteiger partial charge is 0.253 e. The Kier molecular flexibility index (Phi) is 7.90. The molecule has 3 aromatic carbocycles. The van der Waals surface area contributed by atoms with E-state index < -0.39 is 15.9 Å². The third kappa shape index (κ3) is 6.07. The van der Waals surface area contributed by atoms with Crippen LogP contribution in [0.25, 0.3) is 10.8 Å². The highest BCUT2D eigenvalue weighted by atomic mass is 35.6. The number of ether oxygens (including phenoxy) is 2. The van der Waals surface area contributed by atoms with Crippen molar-refractivity contribution in [1.29, 1.82) is 0 Å². The van der Waals surface area contributed by atoms with Crippen molar-refractivity contribution in [3.63, 3.8) is 0 Å². The zero-order valence-corrected chi connectivity index (χ0v) is 20.2. The number of thiocarbonyl (C=S) groups is 1. The van der Waals surface area contributed by atoms with Gasteiger partial charge in [0.2, 0.25) is 3.79 Å². The van der Waals surface area contributed by atoms with E-state index in [1.165, 1.54) is 20.3 Å². The molecule has 0 saturated carbocycles. The number of benzene rings is 3. The molecule has 0 aromatic heterocycles. The van der Waals surface area contributed by atoms with Crippen LogP contribution in [-0.4, -0.2) is 35.2 Å². The van der Waals surface area contributed by atoms with E-state index in [9.17, 15) is 4.79 Å². The first-order valence-corrected chi connectivity index (χ1v) is 10.9. The number of nitrogens with one attached hydrogen (secondary N) is 3. The van der Waals surface area contributed by atoms with Crippen LogP contribution in [0.5, 0.6) is 11.5 Å². The van der Waals surface area contributed by atoms with Crippen molar-refractivity contribution in [1.82, 2.24) is 10.6 Å². The second kappa shape index (κ2) is 10.4. The Balaban J connectivity index is 1.72. The van der Waals surface area contributed by atoms with E-state index in [1.54, 1.807) is 12.1 Å². The minimum atomic E-state index is -1.89.